The zero-order chi connectivity index (χ0) is 14.5. The Balaban J connectivity index is 1.82. The van der Waals surface area contributed by atoms with E-state index in [0.717, 1.165) is 10.8 Å². The fourth-order valence-corrected chi connectivity index (χ4v) is 2.90. The van der Waals surface area contributed by atoms with Crippen molar-refractivity contribution in [1.29, 1.82) is 0 Å². The number of rotatable bonds is 7. The molecule has 0 radical (unpaired) electrons. The van der Waals surface area contributed by atoms with E-state index in [1.54, 1.807) is 17.4 Å². The number of aryl methyl sites for hydroxylation is 1. The van der Waals surface area contributed by atoms with Crippen LogP contribution in [0.5, 0.6) is 0 Å². The van der Waals surface area contributed by atoms with E-state index in [1.807, 2.05) is 26.1 Å². The van der Waals surface area contributed by atoms with Crippen LogP contribution in [0.3, 0.4) is 0 Å². The molecular formula is C13H16F2N2OS2. The maximum absolute atomic E-state index is 12.1. The fourth-order valence-electron chi connectivity index (χ4n) is 1.65. The molecule has 2 aromatic rings. The van der Waals surface area contributed by atoms with E-state index in [-0.39, 0.29) is 11.8 Å². The molecule has 1 N–H and O–H groups in total. The van der Waals surface area contributed by atoms with Crippen molar-refractivity contribution in [2.45, 2.75) is 37.9 Å². The maximum Gasteiger partial charge on any atom is 0.284 e. The van der Waals surface area contributed by atoms with Crippen molar-refractivity contribution in [2.75, 3.05) is 0 Å². The van der Waals surface area contributed by atoms with Gasteiger partial charge in [0.15, 0.2) is 0 Å². The Hall–Kier alpha value is -0.920. The minimum Gasteiger partial charge on any atom is -0.464 e. The highest BCUT2D eigenvalue weighted by Gasteiger charge is 2.11. The van der Waals surface area contributed by atoms with E-state index in [9.17, 15) is 8.78 Å². The Morgan fingerprint density at radius 1 is 1.40 bits per heavy atom. The highest BCUT2D eigenvalue weighted by Crippen LogP contribution is 2.22. The number of thiazole rings is 1. The number of nitrogens with zero attached hydrogens (tertiary/aromatic N) is 1. The van der Waals surface area contributed by atoms with Crippen LogP contribution in [0.25, 0.3) is 0 Å². The number of hydrogen-bond donors (Lipinski definition) is 1. The standard InChI is InChI=1S/C13H16F2N2OS2/c1-8-5-17-12(20-8)9(2)16-6-10-3-4-11(18-10)7-19-13(14)15/h3-5,9,13,16H,6-7H2,1-2H3. The van der Waals surface area contributed by atoms with Gasteiger partial charge in [-0.1, -0.05) is 11.8 Å². The molecule has 20 heavy (non-hydrogen) atoms. The summed E-state index contributed by atoms with van der Waals surface area (Å²) in [5.74, 6) is -0.853. The Kier molecular flexibility index (Phi) is 5.56. The fraction of sp³-hybridized carbons (Fsp3) is 0.462. The van der Waals surface area contributed by atoms with Gasteiger partial charge in [-0.2, -0.15) is 8.78 Å². The number of halogens is 2. The van der Waals surface area contributed by atoms with Crippen LogP contribution in [0.2, 0.25) is 0 Å². The second kappa shape index (κ2) is 7.19. The molecular weight excluding hydrogens is 302 g/mol. The number of nitrogens with one attached hydrogen (secondary N) is 1. The van der Waals surface area contributed by atoms with Gasteiger partial charge in [0.05, 0.1) is 18.3 Å². The van der Waals surface area contributed by atoms with Gasteiger partial charge < -0.3 is 9.73 Å². The van der Waals surface area contributed by atoms with Crippen LogP contribution in [0.4, 0.5) is 8.78 Å². The summed E-state index contributed by atoms with van der Waals surface area (Å²) in [4.78, 5) is 5.50. The minimum atomic E-state index is -2.37. The summed E-state index contributed by atoms with van der Waals surface area (Å²) in [5, 5.41) is 4.34. The molecule has 0 bridgehead atoms. The van der Waals surface area contributed by atoms with Gasteiger partial charge in [0, 0.05) is 11.1 Å². The number of alkyl halides is 2. The molecule has 0 saturated carbocycles. The molecule has 2 rings (SSSR count). The van der Waals surface area contributed by atoms with Crippen LogP contribution in [0.1, 0.15) is 34.4 Å². The summed E-state index contributed by atoms with van der Waals surface area (Å²) in [6, 6.07) is 3.69. The third kappa shape index (κ3) is 4.57. The quantitative estimate of drug-likeness (QED) is 0.823. The first kappa shape index (κ1) is 15.5. The van der Waals surface area contributed by atoms with Crippen LogP contribution < -0.4 is 5.32 Å². The highest BCUT2D eigenvalue weighted by molar-refractivity contribution is 7.98. The largest absolute Gasteiger partial charge is 0.464 e. The summed E-state index contributed by atoms with van der Waals surface area (Å²) in [6.45, 7) is 4.61. The summed E-state index contributed by atoms with van der Waals surface area (Å²) in [7, 11) is 0. The Morgan fingerprint density at radius 3 is 2.80 bits per heavy atom. The summed E-state index contributed by atoms with van der Waals surface area (Å²) < 4.78 is 29.6. The van der Waals surface area contributed by atoms with E-state index >= 15 is 0 Å². The minimum absolute atomic E-state index is 0.137. The van der Waals surface area contributed by atoms with Crippen molar-refractivity contribution in [3.8, 4) is 0 Å². The Morgan fingerprint density at radius 2 is 2.15 bits per heavy atom. The van der Waals surface area contributed by atoms with E-state index < -0.39 is 5.76 Å². The third-order valence-corrected chi connectivity index (χ3v) is 4.46. The number of hydrogen-bond acceptors (Lipinski definition) is 5. The highest BCUT2D eigenvalue weighted by atomic mass is 32.2. The molecule has 2 heterocycles. The second-order valence-electron chi connectivity index (χ2n) is 4.35. The topological polar surface area (TPSA) is 38.1 Å². The molecule has 0 spiro atoms. The predicted octanol–water partition coefficient (Wildman–Crippen LogP) is 4.35. The molecule has 0 amide bonds. The lowest BCUT2D eigenvalue weighted by atomic mass is 10.3. The molecule has 0 aliphatic rings. The van der Waals surface area contributed by atoms with Gasteiger partial charge in [-0.25, -0.2) is 4.98 Å². The number of aromatic nitrogens is 1. The molecule has 0 aliphatic carbocycles. The van der Waals surface area contributed by atoms with Crippen molar-refractivity contribution in [3.63, 3.8) is 0 Å². The smallest absolute Gasteiger partial charge is 0.284 e. The number of furan rings is 1. The van der Waals surface area contributed by atoms with Crippen molar-refractivity contribution in [3.05, 3.63) is 39.7 Å². The SMILES string of the molecule is Cc1cnc(C(C)NCc2ccc(CSC(F)F)o2)s1. The average molecular weight is 318 g/mol. The van der Waals surface area contributed by atoms with E-state index in [2.05, 4.69) is 10.3 Å². The van der Waals surface area contributed by atoms with Gasteiger partial charge in [-0.3, -0.25) is 0 Å². The summed E-state index contributed by atoms with van der Waals surface area (Å²) in [5.41, 5.74) is 0. The van der Waals surface area contributed by atoms with E-state index in [4.69, 9.17) is 4.42 Å². The maximum atomic E-state index is 12.1. The van der Waals surface area contributed by atoms with Crippen LogP contribution in [-0.4, -0.2) is 10.7 Å². The van der Waals surface area contributed by atoms with Gasteiger partial charge in [0.25, 0.3) is 5.76 Å². The van der Waals surface area contributed by atoms with Crippen LogP contribution in [0, 0.1) is 6.92 Å². The molecule has 3 nitrogen and oxygen atoms in total. The molecule has 2 aromatic heterocycles. The summed E-state index contributed by atoms with van der Waals surface area (Å²) in [6.07, 6.45) is 1.85. The second-order valence-corrected chi connectivity index (χ2v) is 6.60. The van der Waals surface area contributed by atoms with Gasteiger partial charge in [0.1, 0.15) is 16.5 Å². The molecule has 1 unspecified atom stereocenters. The van der Waals surface area contributed by atoms with Crippen molar-refractivity contribution >= 4 is 23.1 Å². The normalized spacial score (nSPS) is 13.1. The zero-order valence-corrected chi connectivity index (χ0v) is 12.9. The lowest BCUT2D eigenvalue weighted by Crippen LogP contribution is -2.17. The first-order chi connectivity index (χ1) is 9.54. The van der Waals surface area contributed by atoms with Crippen LogP contribution in [-0.2, 0) is 12.3 Å². The Labute approximate surface area is 124 Å². The lowest BCUT2D eigenvalue weighted by Gasteiger charge is -2.09. The molecule has 110 valence electrons. The van der Waals surface area contributed by atoms with Crippen molar-refractivity contribution in [1.82, 2.24) is 10.3 Å². The zero-order valence-electron chi connectivity index (χ0n) is 11.2. The van der Waals surface area contributed by atoms with E-state index in [1.165, 1.54) is 4.88 Å². The summed E-state index contributed by atoms with van der Waals surface area (Å²) >= 11 is 2.22. The number of thioether (sulfide) groups is 1. The molecule has 0 aliphatic heterocycles. The molecule has 7 heteroatoms. The van der Waals surface area contributed by atoms with Crippen LogP contribution in [0.15, 0.2) is 22.7 Å². The molecule has 1 atom stereocenters. The molecule has 0 aromatic carbocycles. The van der Waals surface area contributed by atoms with Crippen molar-refractivity contribution in [2.24, 2.45) is 0 Å². The van der Waals surface area contributed by atoms with Gasteiger partial charge in [0.2, 0.25) is 0 Å². The Bertz CT molecular complexity index is 542. The van der Waals surface area contributed by atoms with Gasteiger partial charge in [-0.05, 0) is 26.0 Å². The van der Waals surface area contributed by atoms with Gasteiger partial charge in [-0.15, -0.1) is 11.3 Å². The predicted molar refractivity (Wildman–Crippen MR) is 78.1 cm³/mol. The first-order valence-electron chi connectivity index (χ1n) is 6.17. The van der Waals surface area contributed by atoms with Gasteiger partial charge >= 0.3 is 0 Å². The molecule has 0 fully saturated rings. The third-order valence-electron chi connectivity index (χ3n) is 2.66. The first-order valence-corrected chi connectivity index (χ1v) is 8.04. The monoisotopic (exact) mass is 318 g/mol. The van der Waals surface area contributed by atoms with E-state index in [0.29, 0.717) is 24.1 Å². The average Bonchev–Trinajstić information content (AvgIpc) is 3.02. The lowest BCUT2D eigenvalue weighted by molar-refractivity contribution is 0.251. The van der Waals surface area contributed by atoms with Crippen molar-refractivity contribution < 1.29 is 13.2 Å². The van der Waals surface area contributed by atoms with Crippen LogP contribution >= 0.6 is 23.1 Å². The molecule has 0 saturated heterocycles.